The van der Waals surface area contributed by atoms with E-state index in [4.69, 9.17) is 10.5 Å². The van der Waals surface area contributed by atoms with Crippen molar-refractivity contribution in [2.24, 2.45) is 5.92 Å². The molecule has 2 rings (SSSR count). The third kappa shape index (κ3) is 7.19. The highest BCUT2D eigenvalue weighted by Crippen LogP contribution is 2.24. The molecule has 1 heterocycles. The fourth-order valence-corrected chi connectivity index (χ4v) is 3.60. The number of carbonyl (C=O) groups is 2. The quantitative estimate of drug-likeness (QED) is 0.356. The topological polar surface area (TPSA) is 152 Å². The van der Waals surface area contributed by atoms with E-state index in [2.05, 4.69) is 15.6 Å². The number of methoxy groups -OCH3 is 1. The van der Waals surface area contributed by atoms with E-state index in [1.807, 2.05) is 27.7 Å². The fourth-order valence-electron chi connectivity index (χ4n) is 3.60. The Bertz CT molecular complexity index is 1150. The zero-order chi connectivity index (χ0) is 26.1. The van der Waals surface area contributed by atoms with Gasteiger partial charge in [0, 0.05) is 38.0 Å². The first-order chi connectivity index (χ1) is 16.6. The summed E-state index contributed by atoms with van der Waals surface area (Å²) in [6.07, 6.45) is 1.15. The van der Waals surface area contributed by atoms with Crippen molar-refractivity contribution in [2.45, 2.75) is 47.1 Å². The highest BCUT2D eigenvalue weighted by Gasteiger charge is 2.24. The number of carbonyl (C=O) groups excluding carboxylic acids is 2. The predicted molar refractivity (Wildman–Crippen MR) is 138 cm³/mol. The normalized spacial score (nSPS) is 10.9. The Morgan fingerprint density at radius 1 is 1.23 bits per heavy atom. The summed E-state index contributed by atoms with van der Waals surface area (Å²) in [6, 6.07) is 5.36. The van der Waals surface area contributed by atoms with Gasteiger partial charge in [-0.25, -0.2) is 4.79 Å². The summed E-state index contributed by atoms with van der Waals surface area (Å²) in [6.45, 7) is 7.95. The van der Waals surface area contributed by atoms with E-state index in [-0.39, 0.29) is 49.6 Å². The van der Waals surface area contributed by atoms with Crippen LogP contribution in [0.5, 0.6) is 0 Å². The molecule has 2 aromatic rings. The van der Waals surface area contributed by atoms with Crippen LogP contribution in [0.2, 0.25) is 0 Å². The van der Waals surface area contributed by atoms with Crippen molar-refractivity contribution in [3.8, 4) is 0 Å². The van der Waals surface area contributed by atoms with Crippen molar-refractivity contribution < 1.29 is 14.3 Å². The molecule has 0 aliphatic rings. The first kappa shape index (κ1) is 27.6. The summed E-state index contributed by atoms with van der Waals surface area (Å²) in [4.78, 5) is 53.7. The van der Waals surface area contributed by atoms with Gasteiger partial charge in [0.25, 0.3) is 5.56 Å². The van der Waals surface area contributed by atoms with E-state index in [0.29, 0.717) is 17.8 Å². The molecule has 0 aliphatic heterocycles. The molecule has 2 amide bonds. The molecule has 0 saturated heterocycles. The molecule has 1 aromatic carbocycles. The number of nitrogens with zero attached hydrogens (tertiary/aromatic N) is 2. The summed E-state index contributed by atoms with van der Waals surface area (Å²) < 4.78 is 6.38. The van der Waals surface area contributed by atoms with Gasteiger partial charge in [0.05, 0.1) is 13.2 Å². The van der Waals surface area contributed by atoms with Gasteiger partial charge in [-0.2, -0.15) is 0 Å². The van der Waals surface area contributed by atoms with Crippen LogP contribution in [0.3, 0.4) is 0 Å². The number of aromatic nitrogens is 2. The molecule has 0 saturated carbocycles. The largest absolute Gasteiger partial charge is 0.383 e. The summed E-state index contributed by atoms with van der Waals surface area (Å²) in [5.74, 6) is -0.505. The molecule has 5 N–H and O–H groups in total. The Kier molecular flexibility index (Phi) is 10.1. The average molecular weight is 489 g/mol. The van der Waals surface area contributed by atoms with Crippen molar-refractivity contribution in [3.05, 3.63) is 44.6 Å². The number of aromatic amines is 1. The number of ether oxygens (including phenoxy) is 1. The second-order valence-corrected chi connectivity index (χ2v) is 8.67. The smallest absolute Gasteiger partial charge is 0.330 e. The maximum absolute atomic E-state index is 13.2. The molecule has 11 nitrogen and oxygen atoms in total. The van der Waals surface area contributed by atoms with Crippen LogP contribution in [-0.2, 0) is 20.9 Å². The minimum absolute atomic E-state index is 0.0657. The summed E-state index contributed by atoms with van der Waals surface area (Å²) in [7, 11) is 1.48. The first-order valence-corrected chi connectivity index (χ1v) is 11.7. The lowest BCUT2D eigenvalue weighted by atomic mass is 10.1. The van der Waals surface area contributed by atoms with Crippen LogP contribution in [0.25, 0.3) is 0 Å². The lowest BCUT2D eigenvalue weighted by Crippen LogP contribution is -2.44. The van der Waals surface area contributed by atoms with Gasteiger partial charge in [-0.1, -0.05) is 26.8 Å². The van der Waals surface area contributed by atoms with Gasteiger partial charge in [0.15, 0.2) is 5.69 Å². The van der Waals surface area contributed by atoms with Crippen LogP contribution in [0, 0.1) is 12.8 Å². The number of hydrogen-bond acceptors (Lipinski definition) is 7. The van der Waals surface area contributed by atoms with Crippen LogP contribution in [0.1, 0.15) is 39.2 Å². The Morgan fingerprint density at radius 3 is 2.54 bits per heavy atom. The minimum atomic E-state index is -0.742. The number of rotatable bonds is 12. The van der Waals surface area contributed by atoms with Crippen LogP contribution < -0.4 is 32.5 Å². The van der Waals surface area contributed by atoms with Crippen molar-refractivity contribution in [3.63, 3.8) is 0 Å². The molecule has 0 unspecified atom stereocenters. The van der Waals surface area contributed by atoms with Crippen molar-refractivity contribution in [2.75, 3.05) is 48.1 Å². The number of hydrogen-bond donors (Lipinski definition) is 4. The molecule has 0 atom stereocenters. The molecular weight excluding hydrogens is 452 g/mol. The van der Waals surface area contributed by atoms with Gasteiger partial charge >= 0.3 is 5.69 Å². The predicted octanol–water partition coefficient (Wildman–Crippen LogP) is 1.91. The molecule has 0 spiro atoms. The van der Waals surface area contributed by atoms with Gasteiger partial charge < -0.3 is 26.0 Å². The highest BCUT2D eigenvalue weighted by atomic mass is 16.5. The summed E-state index contributed by atoms with van der Waals surface area (Å²) >= 11 is 0. The first-order valence-electron chi connectivity index (χ1n) is 11.7. The van der Waals surface area contributed by atoms with Crippen LogP contribution in [-0.4, -0.2) is 48.2 Å². The molecule has 1 aromatic heterocycles. The van der Waals surface area contributed by atoms with E-state index in [1.165, 1.54) is 16.6 Å². The number of amides is 2. The highest BCUT2D eigenvalue weighted by molar-refractivity contribution is 5.98. The van der Waals surface area contributed by atoms with Crippen LogP contribution in [0.15, 0.2) is 27.8 Å². The number of nitrogen functional groups attached to an aromatic ring is 1. The molecule has 192 valence electrons. The van der Waals surface area contributed by atoms with E-state index in [0.717, 1.165) is 12.0 Å². The van der Waals surface area contributed by atoms with Gasteiger partial charge in [-0.15, -0.1) is 0 Å². The van der Waals surface area contributed by atoms with Crippen LogP contribution >= 0.6 is 0 Å². The second-order valence-electron chi connectivity index (χ2n) is 8.67. The number of nitrogens with two attached hydrogens (primary N) is 1. The SMILES string of the molecule is CCCC(=O)Nc1cccc(NCC(=O)N(CCOC)c2c(N)n(CC(C)C)c(=O)[nH]c2=O)c1C. The molecule has 0 aliphatic carbocycles. The molecule has 11 heteroatoms. The number of benzene rings is 1. The average Bonchev–Trinajstić information content (AvgIpc) is 2.79. The van der Waals surface area contributed by atoms with Gasteiger partial charge in [0.1, 0.15) is 5.82 Å². The molecular formula is C24H36N6O5. The number of nitrogens with one attached hydrogen (secondary N) is 3. The Hall–Kier alpha value is -3.60. The lowest BCUT2D eigenvalue weighted by molar-refractivity contribution is -0.117. The molecule has 0 fully saturated rings. The monoisotopic (exact) mass is 488 g/mol. The zero-order valence-electron chi connectivity index (χ0n) is 21.1. The number of H-pyrrole nitrogens is 1. The zero-order valence-corrected chi connectivity index (χ0v) is 21.1. The standard InChI is InChI=1S/C24H36N6O5/c1-6-8-19(31)27-18-10-7-9-17(16(18)4)26-13-20(32)29(11-12-35-5)21-22(25)30(14-15(2)3)24(34)28-23(21)33/h7,9-10,15,26H,6,8,11-14,25H2,1-5H3,(H,27,31)(H,28,33,34). The Labute approximate surface area is 204 Å². The third-order valence-electron chi connectivity index (χ3n) is 5.37. The van der Waals surface area contributed by atoms with Crippen LogP contribution in [0.4, 0.5) is 22.9 Å². The molecule has 0 radical (unpaired) electrons. The van der Waals surface area contributed by atoms with E-state index >= 15 is 0 Å². The second kappa shape index (κ2) is 12.7. The lowest BCUT2D eigenvalue weighted by Gasteiger charge is -2.25. The third-order valence-corrected chi connectivity index (χ3v) is 5.37. The van der Waals surface area contributed by atoms with E-state index in [1.54, 1.807) is 18.2 Å². The van der Waals surface area contributed by atoms with E-state index in [9.17, 15) is 19.2 Å². The van der Waals surface area contributed by atoms with Crippen molar-refractivity contribution in [1.82, 2.24) is 9.55 Å². The molecule has 0 bridgehead atoms. The maximum atomic E-state index is 13.2. The summed E-state index contributed by atoms with van der Waals surface area (Å²) in [5, 5.41) is 5.95. The molecule has 35 heavy (non-hydrogen) atoms. The summed E-state index contributed by atoms with van der Waals surface area (Å²) in [5.41, 5.74) is 6.84. The fraction of sp³-hybridized carbons (Fsp3) is 0.500. The van der Waals surface area contributed by atoms with Gasteiger partial charge in [-0.05, 0) is 37.0 Å². The Balaban J connectivity index is 2.33. The van der Waals surface area contributed by atoms with Crippen molar-refractivity contribution in [1.29, 1.82) is 0 Å². The van der Waals surface area contributed by atoms with E-state index < -0.39 is 17.2 Å². The van der Waals surface area contributed by atoms with Crippen molar-refractivity contribution >= 4 is 34.7 Å². The van der Waals surface area contributed by atoms with Gasteiger partial charge in [-0.3, -0.25) is 23.9 Å². The minimum Gasteiger partial charge on any atom is -0.383 e. The Morgan fingerprint density at radius 2 is 1.91 bits per heavy atom. The maximum Gasteiger partial charge on any atom is 0.330 e. The van der Waals surface area contributed by atoms with Gasteiger partial charge in [0.2, 0.25) is 11.8 Å². The number of anilines is 4.